The van der Waals surface area contributed by atoms with Crippen LogP contribution < -0.4 is 4.90 Å². The summed E-state index contributed by atoms with van der Waals surface area (Å²) in [6, 6.07) is 4.03. The summed E-state index contributed by atoms with van der Waals surface area (Å²) in [4.78, 5) is 4.57. The van der Waals surface area contributed by atoms with Crippen LogP contribution in [0.4, 0.5) is 5.82 Å². The first kappa shape index (κ1) is 18.1. The fourth-order valence-electron chi connectivity index (χ4n) is 2.64. The summed E-state index contributed by atoms with van der Waals surface area (Å²) in [5.41, 5.74) is 0.730. The molecule has 1 aliphatic heterocycles. The van der Waals surface area contributed by atoms with Gasteiger partial charge in [-0.15, -0.1) is 5.10 Å². The molecule has 1 aromatic heterocycles. The van der Waals surface area contributed by atoms with Crippen LogP contribution in [0.5, 0.6) is 0 Å². The summed E-state index contributed by atoms with van der Waals surface area (Å²) < 4.78 is 5.66. The van der Waals surface area contributed by atoms with Gasteiger partial charge in [-0.05, 0) is 52.8 Å². The second-order valence-electron chi connectivity index (χ2n) is 7.25. The molecule has 1 saturated heterocycles. The molecular weight excluding hydrogens is 292 g/mol. The lowest BCUT2D eigenvalue weighted by molar-refractivity contribution is -0.0557. The van der Waals surface area contributed by atoms with Crippen molar-refractivity contribution in [3.05, 3.63) is 17.8 Å². The third kappa shape index (κ3) is 6.41. The van der Waals surface area contributed by atoms with E-state index in [-0.39, 0.29) is 5.60 Å². The molecular formula is C17H30N4O2. The maximum atomic E-state index is 10.2. The number of aromatic nitrogens is 2. The second kappa shape index (κ2) is 8.04. The first-order valence-electron chi connectivity index (χ1n) is 8.43. The van der Waals surface area contributed by atoms with E-state index in [1.165, 1.54) is 0 Å². The van der Waals surface area contributed by atoms with Gasteiger partial charge < -0.3 is 14.7 Å². The van der Waals surface area contributed by atoms with Crippen molar-refractivity contribution in [3.63, 3.8) is 0 Å². The number of rotatable bonds is 5. The van der Waals surface area contributed by atoms with E-state index in [0.717, 1.165) is 44.1 Å². The molecule has 0 saturated carbocycles. The Morgan fingerprint density at radius 1 is 1.17 bits per heavy atom. The van der Waals surface area contributed by atoms with E-state index in [9.17, 15) is 5.11 Å². The Bertz CT molecular complexity index is 472. The minimum absolute atomic E-state index is 0.208. The van der Waals surface area contributed by atoms with Crippen LogP contribution in [0.2, 0.25) is 0 Å². The van der Waals surface area contributed by atoms with Crippen molar-refractivity contribution in [3.8, 4) is 0 Å². The van der Waals surface area contributed by atoms with E-state index in [1.807, 2.05) is 39.8 Å². The molecule has 1 N–H and O–H groups in total. The van der Waals surface area contributed by atoms with Crippen LogP contribution in [0.1, 0.15) is 32.9 Å². The summed E-state index contributed by atoms with van der Waals surface area (Å²) >= 11 is 0. The molecule has 6 nitrogen and oxygen atoms in total. The zero-order valence-electron chi connectivity index (χ0n) is 14.8. The number of aryl methyl sites for hydroxylation is 1. The number of hydrogen-bond acceptors (Lipinski definition) is 6. The van der Waals surface area contributed by atoms with Crippen molar-refractivity contribution in [2.24, 2.45) is 0 Å². The predicted molar refractivity (Wildman–Crippen MR) is 91.8 cm³/mol. The molecule has 0 amide bonds. The minimum atomic E-state index is -0.444. The van der Waals surface area contributed by atoms with Crippen molar-refractivity contribution < 1.29 is 9.84 Å². The van der Waals surface area contributed by atoms with Crippen molar-refractivity contribution in [2.45, 2.75) is 45.8 Å². The van der Waals surface area contributed by atoms with E-state index in [2.05, 4.69) is 20.0 Å². The van der Waals surface area contributed by atoms with Gasteiger partial charge in [-0.2, -0.15) is 5.10 Å². The van der Waals surface area contributed by atoms with Gasteiger partial charge in [0.2, 0.25) is 0 Å². The number of nitrogens with zero attached hydrogens (tertiary/aromatic N) is 4. The fraction of sp³-hybridized carbons (Fsp3) is 0.765. The Hall–Kier alpha value is -1.24. The molecule has 1 aromatic rings. The van der Waals surface area contributed by atoms with Gasteiger partial charge >= 0.3 is 0 Å². The summed E-state index contributed by atoms with van der Waals surface area (Å²) in [7, 11) is 0. The van der Waals surface area contributed by atoms with Crippen molar-refractivity contribution in [1.82, 2.24) is 15.1 Å². The number of anilines is 1. The normalized spacial score (nSPS) is 18.7. The van der Waals surface area contributed by atoms with Crippen molar-refractivity contribution in [2.75, 3.05) is 44.2 Å². The molecule has 2 rings (SSSR count). The van der Waals surface area contributed by atoms with Crippen molar-refractivity contribution >= 4 is 5.82 Å². The minimum Gasteiger partial charge on any atom is -0.389 e. The molecule has 0 aliphatic carbocycles. The Morgan fingerprint density at radius 3 is 2.61 bits per heavy atom. The standard InChI is InChI=1S/C17H30N4O2/c1-14-6-7-16(19-18-14)21-9-5-8-20(10-11-21)12-15(22)13-23-17(2,3)4/h6-7,15,22H,5,8-13H2,1-4H3. The largest absolute Gasteiger partial charge is 0.389 e. The van der Waals surface area contributed by atoms with Gasteiger partial charge in [0, 0.05) is 26.2 Å². The number of aliphatic hydroxyl groups is 1. The highest BCUT2D eigenvalue weighted by atomic mass is 16.5. The van der Waals surface area contributed by atoms with Crippen LogP contribution in [-0.2, 0) is 4.74 Å². The van der Waals surface area contributed by atoms with E-state index in [0.29, 0.717) is 13.2 Å². The number of β-amino-alcohol motifs (C(OH)–C–C–N with tert-alkyl or cyclic N) is 1. The molecule has 0 radical (unpaired) electrons. The maximum absolute atomic E-state index is 10.2. The number of ether oxygens (including phenoxy) is 1. The van der Waals surface area contributed by atoms with E-state index in [1.54, 1.807) is 0 Å². The zero-order chi connectivity index (χ0) is 16.9. The van der Waals surface area contributed by atoms with Crippen molar-refractivity contribution in [1.29, 1.82) is 0 Å². The Kier molecular flexibility index (Phi) is 6.33. The fourth-order valence-corrected chi connectivity index (χ4v) is 2.64. The first-order valence-corrected chi connectivity index (χ1v) is 8.43. The smallest absolute Gasteiger partial charge is 0.151 e. The lowest BCUT2D eigenvalue weighted by atomic mass is 10.2. The molecule has 1 aliphatic rings. The van der Waals surface area contributed by atoms with Gasteiger partial charge in [-0.3, -0.25) is 4.90 Å². The Balaban J connectivity index is 1.80. The van der Waals surface area contributed by atoms with Crippen LogP contribution in [0.25, 0.3) is 0 Å². The molecule has 1 unspecified atom stereocenters. The zero-order valence-corrected chi connectivity index (χ0v) is 14.8. The van der Waals surface area contributed by atoms with Crippen LogP contribution >= 0.6 is 0 Å². The molecule has 0 aromatic carbocycles. The number of hydrogen-bond donors (Lipinski definition) is 1. The summed E-state index contributed by atoms with van der Waals surface area (Å²) in [6.07, 6.45) is 0.613. The average Bonchev–Trinajstić information content (AvgIpc) is 2.71. The molecule has 0 bridgehead atoms. The Labute approximate surface area is 139 Å². The molecule has 130 valence electrons. The third-order valence-corrected chi connectivity index (χ3v) is 3.87. The quantitative estimate of drug-likeness (QED) is 0.886. The molecule has 0 spiro atoms. The lowest BCUT2D eigenvalue weighted by Gasteiger charge is -2.26. The van der Waals surface area contributed by atoms with Crippen LogP contribution in [0, 0.1) is 6.92 Å². The van der Waals surface area contributed by atoms with Gasteiger partial charge in [0.25, 0.3) is 0 Å². The van der Waals surface area contributed by atoms with Crippen LogP contribution in [0.3, 0.4) is 0 Å². The van der Waals surface area contributed by atoms with Crippen LogP contribution in [-0.4, -0.2) is 71.2 Å². The highest BCUT2D eigenvalue weighted by Gasteiger charge is 2.20. The summed E-state index contributed by atoms with van der Waals surface area (Å²) in [5, 5.41) is 18.6. The van der Waals surface area contributed by atoms with Gasteiger partial charge in [0.05, 0.1) is 24.0 Å². The predicted octanol–water partition coefficient (Wildman–Crippen LogP) is 1.47. The van der Waals surface area contributed by atoms with Gasteiger partial charge in [0.1, 0.15) is 0 Å². The first-order chi connectivity index (χ1) is 10.8. The lowest BCUT2D eigenvalue weighted by Crippen LogP contribution is -2.39. The van der Waals surface area contributed by atoms with Crippen LogP contribution in [0.15, 0.2) is 12.1 Å². The van der Waals surface area contributed by atoms with E-state index >= 15 is 0 Å². The Morgan fingerprint density at radius 2 is 1.96 bits per heavy atom. The van der Waals surface area contributed by atoms with Gasteiger partial charge in [0.15, 0.2) is 5.82 Å². The monoisotopic (exact) mass is 322 g/mol. The summed E-state index contributed by atoms with van der Waals surface area (Å²) in [5.74, 6) is 0.939. The molecule has 6 heteroatoms. The summed E-state index contributed by atoms with van der Waals surface area (Å²) in [6.45, 7) is 12.8. The molecule has 2 heterocycles. The molecule has 1 fully saturated rings. The SMILES string of the molecule is Cc1ccc(N2CCCN(CC(O)COC(C)(C)C)CC2)nn1. The highest BCUT2D eigenvalue weighted by molar-refractivity contribution is 5.37. The maximum Gasteiger partial charge on any atom is 0.151 e. The molecule has 1 atom stereocenters. The van der Waals surface area contributed by atoms with E-state index < -0.39 is 6.10 Å². The highest BCUT2D eigenvalue weighted by Crippen LogP contribution is 2.13. The van der Waals surface area contributed by atoms with E-state index in [4.69, 9.17) is 4.74 Å². The molecule has 23 heavy (non-hydrogen) atoms. The van der Waals surface area contributed by atoms with Gasteiger partial charge in [-0.1, -0.05) is 0 Å². The average molecular weight is 322 g/mol. The van der Waals surface area contributed by atoms with Gasteiger partial charge in [-0.25, -0.2) is 0 Å². The number of aliphatic hydroxyl groups excluding tert-OH is 1. The third-order valence-electron chi connectivity index (χ3n) is 3.87. The topological polar surface area (TPSA) is 61.7 Å². The second-order valence-corrected chi connectivity index (χ2v) is 7.25.